The molecule has 0 radical (unpaired) electrons. The molecule has 1 aromatic carbocycles. The van der Waals surface area contributed by atoms with Gasteiger partial charge in [-0.05, 0) is 25.3 Å². The molecule has 4 nitrogen and oxygen atoms in total. The lowest BCUT2D eigenvalue weighted by Gasteiger charge is -2.39. The monoisotopic (exact) mass is 268 g/mol. The molecule has 18 heavy (non-hydrogen) atoms. The van der Waals surface area contributed by atoms with Crippen LogP contribution in [0.15, 0.2) is 30.3 Å². The molecule has 1 saturated heterocycles. The van der Waals surface area contributed by atoms with E-state index in [1.807, 2.05) is 44.2 Å². The number of nitrogens with zero attached hydrogens (tertiary/aromatic N) is 1. The van der Waals surface area contributed by atoms with Crippen LogP contribution in [0.1, 0.15) is 32.3 Å². The van der Waals surface area contributed by atoms with Crippen LogP contribution in [0.5, 0.6) is 0 Å². The van der Waals surface area contributed by atoms with Crippen molar-refractivity contribution >= 4 is 10.2 Å². The van der Waals surface area contributed by atoms with Crippen LogP contribution in [-0.2, 0) is 16.8 Å². The van der Waals surface area contributed by atoms with Crippen molar-refractivity contribution in [2.45, 2.75) is 38.8 Å². The molecular weight excluding hydrogens is 248 g/mol. The molecule has 0 bridgehead atoms. The minimum atomic E-state index is -3.36. The Morgan fingerprint density at radius 3 is 2.56 bits per heavy atom. The van der Waals surface area contributed by atoms with Gasteiger partial charge in [-0.2, -0.15) is 17.4 Å². The SMILES string of the molecule is CCC1(C)CCN(Cc2ccccc2)S(=O)(=O)N1. The highest BCUT2D eigenvalue weighted by atomic mass is 32.2. The number of hydrogen-bond acceptors (Lipinski definition) is 2. The van der Waals surface area contributed by atoms with E-state index in [2.05, 4.69) is 4.72 Å². The molecule has 1 N–H and O–H groups in total. The zero-order valence-electron chi connectivity index (χ0n) is 10.9. The van der Waals surface area contributed by atoms with Crippen molar-refractivity contribution in [3.8, 4) is 0 Å². The molecule has 2 rings (SSSR count). The molecule has 5 heteroatoms. The van der Waals surface area contributed by atoms with E-state index in [0.29, 0.717) is 13.1 Å². The average Bonchev–Trinajstić information content (AvgIpc) is 2.34. The van der Waals surface area contributed by atoms with Gasteiger partial charge in [0.05, 0.1) is 0 Å². The summed E-state index contributed by atoms with van der Waals surface area (Å²) < 4.78 is 28.7. The van der Waals surface area contributed by atoms with Gasteiger partial charge in [0.1, 0.15) is 0 Å². The molecule has 1 heterocycles. The lowest BCUT2D eigenvalue weighted by atomic mass is 9.96. The van der Waals surface area contributed by atoms with E-state index in [0.717, 1.165) is 18.4 Å². The van der Waals surface area contributed by atoms with Crippen molar-refractivity contribution in [2.75, 3.05) is 6.54 Å². The minimum Gasteiger partial charge on any atom is -0.196 e. The number of nitrogens with one attached hydrogen (secondary N) is 1. The number of hydrogen-bond donors (Lipinski definition) is 1. The van der Waals surface area contributed by atoms with Crippen LogP contribution in [0.2, 0.25) is 0 Å². The number of rotatable bonds is 3. The van der Waals surface area contributed by atoms with E-state index in [-0.39, 0.29) is 5.54 Å². The largest absolute Gasteiger partial charge is 0.280 e. The normalized spacial score (nSPS) is 28.1. The van der Waals surface area contributed by atoms with Gasteiger partial charge in [0, 0.05) is 18.6 Å². The first-order valence-corrected chi connectivity index (χ1v) is 7.72. The number of benzene rings is 1. The van der Waals surface area contributed by atoms with Gasteiger partial charge in [0.25, 0.3) is 10.2 Å². The molecule has 1 aliphatic heterocycles. The van der Waals surface area contributed by atoms with Crippen LogP contribution in [0.4, 0.5) is 0 Å². The van der Waals surface area contributed by atoms with Crippen LogP contribution in [0, 0.1) is 0 Å². The molecule has 1 atom stereocenters. The van der Waals surface area contributed by atoms with Crippen molar-refractivity contribution in [3.63, 3.8) is 0 Å². The second kappa shape index (κ2) is 4.99. The lowest BCUT2D eigenvalue weighted by Crippen LogP contribution is -2.57. The maximum atomic E-state index is 12.2. The van der Waals surface area contributed by atoms with Crippen molar-refractivity contribution < 1.29 is 8.42 Å². The highest BCUT2D eigenvalue weighted by Gasteiger charge is 2.37. The summed E-state index contributed by atoms with van der Waals surface area (Å²) >= 11 is 0. The van der Waals surface area contributed by atoms with E-state index in [1.165, 1.54) is 4.31 Å². The van der Waals surface area contributed by atoms with Gasteiger partial charge in [-0.15, -0.1) is 0 Å². The topological polar surface area (TPSA) is 49.4 Å². The Morgan fingerprint density at radius 2 is 2.00 bits per heavy atom. The Bertz CT molecular complexity index is 501. The molecule has 1 fully saturated rings. The van der Waals surface area contributed by atoms with E-state index in [1.54, 1.807) is 0 Å². The van der Waals surface area contributed by atoms with E-state index in [9.17, 15) is 8.42 Å². The second-order valence-corrected chi connectivity index (χ2v) is 6.76. The van der Waals surface area contributed by atoms with Crippen molar-refractivity contribution in [1.82, 2.24) is 9.03 Å². The van der Waals surface area contributed by atoms with E-state index in [4.69, 9.17) is 0 Å². The Balaban J connectivity index is 2.12. The van der Waals surface area contributed by atoms with E-state index < -0.39 is 10.2 Å². The molecule has 0 aliphatic carbocycles. The Morgan fingerprint density at radius 1 is 1.33 bits per heavy atom. The Kier molecular flexibility index (Phi) is 3.75. The Hall–Kier alpha value is -0.910. The Labute approximate surface area is 109 Å². The molecule has 0 saturated carbocycles. The van der Waals surface area contributed by atoms with Crippen LogP contribution in [0.25, 0.3) is 0 Å². The molecule has 100 valence electrons. The third-order valence-electron chi connectivity index (χ3n) is 3.61. The summed E-state index contributed by atoms with van der Waals surface area (Å²) in [6, 6.07) is 9.68. The smallest absolute Gasteiger partial charge is 0.196 e. The molecule has 1 aromatic rings. The van der Waals surface area contributed by atoms with Crippen molar-refractivity contribution in [2.24, 2.45) is 0 Å². The zero-order valence-corrected chi connectivity index (χ0v) is 11.7. The third-order valence-corrected chi connectivity index (χ3v) is 5.35. The fraction of sp³-hybridized carbons (Fsp3) is 0.538. The first kappa shape index (κ1) is 13.5. The highest BCUT2D eigenvalue weighted by molar-refractivity contribution is 7.87. The van der Waals surface area contributed by atoms with Crippen LogP contribution in [0.3, 0.4) is 0 Å². The summed E-state index contributed by atoms with van der Waals surface area (Å²) in [6.07, 6.45) is 1.65. The van der Waals surface area contributed by atoms with Gasteiger partial charge in [-0.3, -0.25) is 0 Å². The maximum Gasteiger partial charge on any atom is 0.280 e. The molecule has 0 amide bonds. The summed E-state index contributed by atoms with van der Waals surface area (Å²) in [7, 11) is -3.36. The first-order valence-electron chi connectivity index (χ1n) is 6.28. The lowest BCUT2D eigenvalue weighted by molar-refractivity contribution is 0.267. The fourth-order valence-corrected chi connectivity index (χ4v) is 3.77. The van der Waals surface area contributed by atoms with E-state index >= 15 is 0 Å². The summed E-state index contributed by atoms with van der Waals surface area (Å²) in [5.74, 6) is 0. The summed E-state index contributed by atoms with van der Waals surface area (Å²) in [6.45, 7) is 4.99. The van der Waals surface area contributed by atoms with Crippen LogP contribution in [-0.4, -0.2) is 24.8 Å². The van der Waals surface area contributed by atoms with Gasteiger partial charge in [-0.25, -0.2) is 0 Å². The van der Waals surface area contributed by atoms with Crippen LogP contribution < -0.4 is 4.72 Å². The van der Waals surface area contributed by atoms with Crippen molar-refractivity contribution in [3.05, 3.63) is 35.9 Å². The second-order valence-electron chi connectivity index (χ2n) is 5.09. The zero-order chi connectivity index (χ0) is 13.2. The minimum absolute atomic E-state index is 0.300. The molecule has 1 aliphatic rings. The fourth-order valence-electron chi connectivity index (χ4n) is 2.12. The van der Waals surface area contributed by atoms with Gasteiger partial charge in [0.15, 0.2) is 0 Å². The predicted molar refractivity (Wildman–Crippen MR) is 72.2 cm³/mol. The predicted octanol–water partition coefficient (Wildman–Crippen LogP) is 1.90. The summed E-state index contributed by atoms with van der Waals surface area (Å²) in [5.41, 5.74) is 0.717. The molecule has 0 spiro atoms. The van der Waals surface area contributed by atoms with Gasteiger partial charge in [0.2, 0.25) is 0 Å². The molecule has 0 aromatic heterocycles. The molecule has 1 unspecified atom stereocenters. The molecular formula is C13H20N2O2S. The van der Waals surface area contributed by atoms with Crippen LogP contribution >= 0.6 is 0 Å². The maximum absolute atomic E-state index is 12.2. The van der Waals surface area contributed by atoms with Crippen molar-refractivity contribution in [1.29, 1.82) is 0 Å². The summed E-state index contributed by atoms with van der Waals surface area (Å²) in [5, 5.41) is 0. The average molecular weight is 268 g/mol. The first-order chi connectivity index (χ1) is 8.45. The quantitative estimate of drug-likeness (QED) is 0.910. The van der Waals surface area contributed by atoms with Gasteiger partial charge >= 0.3 is 0 Å². The third kappa shape index (κ3) is 2.91. The van der Waals surface area contributed by atoms with Gasteiger partial charge in [-0.1, -0.05) is 37.3 Å². The van der Waals surface area contributed by atoms with Gasteiger partial charge < -0.3 is 0 Å². The summed E-state index contributed by atoms with van der Waals surface area (Å²) in [4.78, 5) is 0. The highest BCUT2D eigenvalue weighted by Crippen LogP contribution is 2.24. The standard InChI is InChI=1S/C13H20N2O2S/c1-3-13(2)9-10-15(18(16,17)14-13)11-12-7-5-4-6-8-12/h4-8,14H,3,9-11H2,1-2H3.